The maximum Gasteiger partial charge on any atom is 0.256 e. The third-order valence-corrected chi connectivity index (χ3v) is 2.72. The number of nitrogen functional groups attached to an aromatic ring is 1. The van der Waals surface area contributed by atoms with Crippen LogP contribution in [0.25, 0.3) is 0 Å². The molecular formula is C11H8BrClN4O. The lowest BCUT2D eigenvalue weighted by Gasteiger charge is -2.05. The molecule has 0 fully saturated rings. The summed E-state index contributed by atoms with van der Waals surface area (Å²) in [4.78, 5) is 19.5. The fourth-order valence-corrected chi connectivity index (χ4v) is 1.99. The Morgan fingerprint density at radius 1 is 1.28 bits per heavy atom. The molecule has 0 aliphatic carbocycles. The highest BCUT2D eigenvalue weighted by atomic mass is 79.9. The number of hydrogen-bond donors (Lipinski definition) is 2. The van der Waals surface area contributed by atoms with Gasteiger partial charge in [-0.3, -0.25) is 4.79 Å². The van der Waals surface area contributed by atoms with E-state index in [0.29, 0.717) is 17.1 Å². The van der Waals surface area contributed by atoms with Crippen molar-refractivity contribution in [1.29, 1.82) is 0 Å². The second kappa shape index (κ2) is 5.32. The molecule has 2 aromatic rings. The van der Waals surface area contributed by atoms with Gasteiger partial charge in [-0.05, 0) is 18.2 Å². The monoisotopic (exact) mass is 326 g/mol. The minimum Gasteiger partial charge on any atom is -0.399 e. The molecule has 18 heavy (non-hydrogen) atoms. The van der Waals surface area contributed by atoms with E-state index in [-0.39, 0.29) is 11.1 Å². The first-order valence-electron chi connectivity index (χ1n) is 4.89. The van der Waals surface area contributed by atoms with Crippen molar-refractivity contribution < 1.29 is 4.79 Å². The topological polar surface area (TPSA) is 80.9 Å². The van der Waals surface area contributed by atoms with Gasteiger partial charge in [-0.25, -0.2) is 9.97 Å². The van der Waals surface area contributed by atoms with Crippen LogP contribution in [0.5, 0.6) is 0 Å². The van der Waals surface area contributed by atoms with Gasteiger partial charge in [-0.1, -0.05) is 27.5 Å². The number of nitrogens with zero attached hydrogens (tertiary/aromatic N) is 2. The first kappa shape index (κ1) is 12.8. The molecule has 0 aliphatic rings. The molecule has 0 aliphatic heterocycles. The van der Waals surface area contributed by atoms with Crippen LogP contribution in [0.4, 0.5) is 11.5 Å². The highest BCUT2D eigenvalue weighted by Crippen LogP contribution is 2.18. The van der Waals surface area contributed by atoms with E-state index in [1.165, 1.54) is 12.4 Å². The Bertz CT molecular complexity index is 585. The highest BCUT2D eigenvalue weighted by Gasteiger charge is 2.08. The SMILES string of the molecule is Nc1cc(Br)cc(C(=O)Nc2cc(Cl)ncn2)c1. The Balaban J connectivity index is 2.22. The minimum atomic E-state index is -0.322. The van der Waals surface area contributed by atoms with Crippen molar-refractivity contribution in [2.45, 2.75) is 0 Å². The smallest absolute Gasteiger partial charge is 0.256 e. The number of benzene rings is 1. The highest BCUT2D eigenvalue weighted by molar-refractivity contribution is 9.10. The van der Waals surface area contributed by atoms with Crippen molar-refractivity contribution in [2.75, 3.05) is 11.1 Å². The second-order valence-corrected chi connectivity index (χ2v) is 4.76. The Morgan fingerprint density at radius 2 is 2.06 bits per heavy atom. The molecule has 0 unspecified atom stereocenters. The summed E-state index contributed by atoms with van der Waals surface area (Å²) in [5.74, 6) is 0.0105. The minimum absolute atomic E-state index is 0.258. The predicted octanol–water partition coefficient (Wildman–Crippen LogP) is 2.73. The van der Waals surface area contributed by atoms with Gasteiger partial charge < -0.3 is 11.1 Å². The maximum absolute atomic E-state index is 11.9. The summed E-state index contributed by atoms with van der Waals surface area (Å²) in [6.07, 6.45) is 1.27. The van der Waals surface area contributed by atoms with E-state index in [2.05, 4.69) is 31.2 Å². The molecule has 7 heteroatoms. The predicted molar refractivity (Wildman–Crippen MR) is 73.5 cm³/mol. The van der Waals surface area contributed by atoms with Crippen molar-refractivity contribution in [3.8, 4) is 0 Å². The zero-order valence-corrected chi connectivity index (χ0v) is 11.4. The van der Waals surface area contributed by atoms with Gasteiger partial charge in [-0.15, -0.1) is 0 Å². The number of hydrogen-bond acceptors (Lipinski definition) is 4. The van der Waals surface area contributed by atoms with E-state index >= 15 is 0 Å². The average molecular weight is 328 g/mol. The number of anilines is 2. The first-order valence-corrected chi connectivity index (χ1v) is 6.06. The molecule has 1 aromatic heterocycles. The third-order valence-electron chi connectivity index (χ3n) is 2.06. The van der Waals surface area contributed by atoms with E-state index in [4.69, 9.17) is 17.3 Å². The Kier molecular flexibility index (Phi) is 3.78. The molecule has 2 rings (SSSR count). The van der Waals surface area contributed by atoms with Crippen LogP contribution in [0.1, 0.15) is 10.4 Å². The summed E-state index contributed by atoms with van der Waals surface area (Å²) in [6, 6.07) is 6.40. The molecule has 5 nitrogen and oxygen atoms in total. The van der Waals surface area contributed by atoms with Crippen molar-refractivity contribution in [2.24, 2.45) is 0 Å². The van der Waals surface area contributed by atoms with Crippen LogP contribution in [0.2, 0.25) is 5.15 Å². The van der Waals surface area contributed by atoms with Gasteiger partial charge in [0.15, 0.2) is 0 Å². The fraction of sp³-hybridized carbons (Fsp3) is 0. The van der Waals surface area contributed by atoms with Crippen LogP contribution in [0.15, 0.2) is 35.1 Å². The van der Waals surface area contributed by atoms with E-state index < -0.39 is 0 Å². The van der Waals surface area contributed by atoms with Crippen LogP contribution in [0, 0.1) is 0 Å². The van der Waals surface area contributed by atoms with Gasteiger partial charge in [-0.2, -0.15) is 0 Å². The largest absolute Gasteiger partial charge is 0.399 e. The van der Waals surface area contributed by atoms with Crippen molar-refractivity contribution in [3.63, 3.8) is 0 Å². The quantitative estimate of drug-likeness (QED) is 0.656. The van der Waals surface area contributed by atoms with Gasteiger partial charge in [0, 0.05) is 21.8 Å². The van der Waals surface area contributed by atoms with Crippen LogP contribution in [-0.2, 0) is 0 Å². The summed E-state index contributed by atoms with van der Waals surface area (Å²) >= 11 is 8.97. The molecular weight excluding hydrogens is 320 g/mol. The zero-order valence-electron chi connectivity index (χ0n) is 9.02. The van der Waals surface area contributed by atoms with E-state index in [1.54, 1.807) is 18.2 Å². The molecule has 0 saturated heterocycles. The van der Waals surface area contributed by atoms with Crippen molar-refractivity contribution in [1.82, 2.24) is 9.97 Å². The number of amides is 1. The molecule has 0 radical (unpaired) electrons. The summed E-state index contributed by atoms with van der Waals surface area (Å²) in [7, 11) is 0. The molecule has 0 spiro atoms. The van der Waals surface area contributed by atoms with Crippen LogP contribution >= 0.6 is 27.5 Å². The summed E-state index contributed by atoms with van der Waals surface area (Å²) in [5.41, 5.74) is 6.58. The van der Waals surface area contributed by atoms with Crippen LogP contribution < -0.4 is 11.1 Å². The summed E-state index contributed by atoms with van der Waals surface area (Å²) in [6.45, 7) is 0. The van der Waals surface area contributed by atoms with Crippen molar-refractivity contribution >= 4 is 44.9 Å². The lowest BCUT2D eigenvalue weighted by atomic mass is 10.2. The number of carbonyl (C=O) groups is 1. The van der Waals surface area contributed by atoms with Crippen LogP contribution in [-0.4, -0.2) is 15.9 Å². The lowest BCUT2D eigenvalue weighted by molar-refractivity contribution is 0.102. The maximum atomic E-state index is 11.9. The van der Waals surface area contributed by atoms with Gasteiger partial charge in [0.2, 0.25) is 0 Å². The van der Waals surface area contributed by atoms with E-state index in [9.17, 15) is 4.79 Å². The van der Waals surface area contributed by atoms with Gasteiger partial charge in [0.1, 0.15) is 17.3 Å². The molecule has 3 N–H and O–H groups in total. The Morgan fingerprint density at radius 3 is 2.72 bits per heavy atom. The first-order chi connectivity index (χ1) is 8.54. The van der Waals surface area contributed by atoms with Gasteiger partial charge in [0.25, 0.3) is 5.91 Å². The average Bonchev–Trinajstić information content (AvgIpc) is 2.27. The van der Waals surface area contributed by atoms with Crippen molar-refractivity contribution in [3.05, 3.63) is 45.8 Å². The standard InChI is InChI=1S/C11H8BrClN4O/c12-7-1-6(2-8(14)3-7)11(18)17-10-4-9(13)15-5-16-10/h1-5H,14H2,(H,15,16,17,18). The molecule has 0 atom stereocenters. The molecule has 1 amide bonds. The number of halogens is 2. The molecule has 92 valence electrons. The van der Waals surface area contributed by atoms with Gasteiger partial charge >= 0.3 is 0 Å². The molecule has 0 bridgehead atoms. The summed E-state index contributed by atoms with van der Waals surface area (Å²) < 4.78 is 0.730. The fourth-order valence-electron chi connectivity index (χ4n) is 1.33. The van der Waals surface area contributed by atoms with Crippen LogP contribution in [0.3, 0.4) is 0 Å². The molecule has 1 aromatic carbocycles. The number of nitrogens with one attached hydrogen (secondary N) is 1. The second-order valence-electron chi connectivity index (χ2n) is 3.45. The molecule has 1 heterocycles. The summed E-state index contributed by atoms with van der Waals surface area (Å²) in [5, 5.41) is 2.86. The van der Waals surface area contributed by atoms with E-state index in [1.807, 2.05) is 0 Å². The third kappa shape index (κ3) is 3.18. The Hall–Kier alpha value is -1.66. The number of nitrogens with two attached hydrogens (primary N) is 1. The molecule has 0 saturated carbocycles. The zero-order chi connectivity index (χ0) is 13.1. The normalized spacial score (nSPS) is 10.1. The lowest BCUT2D eigenvalue weighted by Crippen LogP contribution is -2.13. The van der Waals surface area contributed by atoms with Gasteiger partial charge in [0.05, 0.1) is 0 Å². The number of carbonyl (C=O) groups excluding carboxylic acids is 1. The van der Waals surface area contributed by atoms with E-state index in [0.717, 1.165) is 4.47 Å². The Labute approximate surface area is 117 Å². The number of aromatic nitrogens is 2. The number of rotatable bonds is 2.